The van der Waals surface area contributed by atoms with Gasteiger partial charge in [-0.15, -0.1) is 0 Å². The number of para-hydroxylation sites is 1. The molecule has 0 fully saturated rings. The van der Waals surface area contributed by atoms with E-state index in [1.54, 1.807) is 42.5 Å². The van der Waals surface area contributed by atoms with Crippen LogP contribution >= 0.6 is 0 Å². The number of benzene rings is 2. The van der Waals surface area contributed by atoms with E-state index in [1.165, 1.54) is 13.0 Å². The van der Waals surface area contributed by atoms with Crippen LogP contribution in [0, 0.1) is 5.82 Å². The molecule has 0 radical (unpaired) electrons. The standard InChI is InChI=1S/C15H13FO2/c1-11(17)13-7-3-5-9-15(13)18-10-12-6-2-4-8-14(12)16/h2-9H,10H2,1H3. The van der Waals surface area contributed by atoms with Gasteiger partial charge in [-0.1, -0.05) is 30.3 Å². The van der Waals surface area contributed by atoms with Crippen molar-refractivity contribution in [2.45, 2.75) is 13.5 Å². The summed E-state index contributed by atoms with van der Waals surface area (Å²) in [5.41, 5.74) is 0.977. The maximum Gasteiger partial charge on any atom is 0.163 e. The van der Waals surface area contributed by atoms with Gasteiger partial charge in [0, 0.05) is 5.56 Å². The number of ether oxygens (including phenoxy) is 1. The van der Waals surface area contributed by atoms with Crippen molar-refractivity contribution in [3.05, 3.63) is 65.5 Å². The number of hydrogen-bond donors (Lipinski definition) is 0. The van der Waals surface area contributed by atoms with Crippen molar-refractivity contribution in [2.24, 2.45) is 0 Å². The van der Waals surface area contributed by atoms with E-state index in [0.29, 0.717) is 16.9 Å². The van der Waals surface area contributed by atoms with Crippen LogP contribution in [0.5, 0.6) is 5.75 Å². The van der Waals surface area contributed by atoms with Crippen molar-refractivity contribution < 1.29 is 13.9 Å². The Morgan fingerprint density at radius 2 is 1.78 bits per heavy atom. The van der Waals surface area contributed by atoms with Crippen LogP contribution in [0.25, 0.3) is 0 Å². The van der Waals surface area contributed by atoms with Gasteiger partial charge in [-0.2, -0.15) is 0 Å². The first-order valence-electron chi connectivity index (χ1n) is 5.64. The quantitative estimate of drug-likeness (QED) is 0.768. The first kappa shape index (κ1) is 12.3. The van der Waals surface area contributed by atoms with E-state index in [-0.39, 0.29) is 18.2 Å². The Labute approximate surface area is 105 Å². The molecule has 0 aliphatic heterocycles. The Hall–Kier alpha value is -2.16. The highest BCUT2D eigenvalue weighted by Gasteiger charge is 2.08. The van der Waals surface area contributed by atoms with E-state index in [0.717, 1.165) is 0 Å². The number of rotatable bonds is 4. The predicted molar refractivity (Wildman–Crippen MR) is 67.2 cm³/mol. The van der Waals surface area contributed by atoms with Gasteiger partial charge in [0.1, 0.15) is 18.2 Å². The molecular formula is C15H13FO2. The third-order valence-corrected chi connectivity index (χ3v) is 2.61. The molecule has 2 nitrogen and oxygen atoms in total. The highest BCUT2D eigenvalue weighted by molar-refractivity contribution is 5.96. The first-order valence-corrected chi connectivity index (χ1v) is 5.64. The number of carbonyl (C=O) groups is 1. The average Bonchev–Trinajstić information content (AvgIpc) is 2.38. The van der Waals surface area contributed by atoms with E-state index in [2.05, 4.69) is 0 Å². The lowest BCUT2D eigenvalue weighted by molar-refractivity contribution is 0.101. The zero-order chi connectivity index (χ0) is 13.0. The highest BCUT2D eigenvalue weighted by atomic mass is 19.1. The topological polar surface area (TPSA) is 26.3 Å². The molecule has 0 saturated carbocycles. The van der Waals surface area contributed by atoms with Gasteiger partial charge in [0.15, 0.2) is 5.78 Å². The van der Waals surface area contributed by atoms with E-state index in [1.807, 2.05) is 0 Å². The SMILES string of the molecule is CC(=O)c1ccccc1OCc1ccccc1F. The fourth-order valence-electron chi connectivity index (χ4n) is 1.65. The van der Waals surface area contributed by atoms with Crippen molar-refractivity contribution in [1.82, 2.24) is 0 Å². The van der Waals surface area contributed by atoms with Gasteiger partial charge in [-0.25, -0.2) is 4.39 Å². The zero-order valence-corrected chi connectivity index (χ0v) is 10.0. The van der Waals surface area contributed by atoms with E-state index >= 15 is 0 Å². The smallest absolute Gasteiger partial charge is 0.163 e. The first-order chi connectivity index (χ1) is 8.68. The van der Waals surface area contributed by atoms with Crippen LogP contribution in [-0.2, 0) is 6.61 Å². The Balaban J connectivity index is 2.16. The second-order valence-electron chi connectivity index (χ2n) is 3.93. The lowest BCUT2D eigenvalue weighted by atomic mass is 10.1. The molecule has 0 heterocycles. The van der Waals surface area contributed by atoms with Crippen LogP contribution in [0.2, 0.25) is 0 Å². The minimum absolute atomic E-state index is 0.0702. The molecule has 3 heteroatoms. The molecule has 0 bridgehead atoms. The van der Waals surface area contributed by atoms with Gasteiger partial charge in [-0.3, -0.25) is 4.79 Å². The normalized spacial score (nSPS) is 10.1. The molecule has 0 atom stereocenters. The highest BCUT2D eigenvalue weighted by Crippen LogP contribution is 2.20. The summed E-state index contributed by atoms with van der Waals surface area (Å²) >= 11 is 0. The van der Waals surface area contributed by atoms with Crippen LogP contribution in [0.15, 0.2) is 48.5 Å². The zero-order valence-electron chi connectivity index (χ0n) is 10.0. The van der Waals surface area contributed by atoms with Gasteiger partial charge in [0.2, 0.25) is 0 Å². The molecule has 0 aliphatic carbocycles. The van der Waals surface area contributed by atoms with E-state index in [9.17, 15) is 9.18 Å². The molecule has 0 N–H and O–H groups in total. The molecule has 0 amide bonds. The summed E-state index contributed by atoms with van der Waals surface area (Å²) < 4.78 is 18.9. The molecule has 0 aromatic heterocycles. The molecule has 2 aromatic rings. The van der Waals surface area contributed by atoms with Crippen LogP contribution in [0.3, 0.4) is 0 Å². The Morgan fingerprint density at radius 3 is 2.50 bits per heavy atom. The number of hydrogen-bond acceptors (Lipinski definition) is 2. The van der Waals surface area contributed by atoms with Crippen molar-refractivity contribution in [1.29, 1.82) is 0 Å². The maximum atomic E-state index is 13.4. The largest absolute Gasteiger partial charge is 0.488 e. The molecule has 18 heavy (non-hydrogen) atoms. The van der Waals surface area contributed by atoms with Gasteiger partial charge >= 0.3 is 0 Å². The van der Waals surface area contributed by atoms with Gasteiger partial charge in [-0.05, 0) is 25.1 Å². The van der Waals surface area contributed by atoms with E-state index in [4.69, 9.17) is 4.74 Å². The minimum Gasteiger partial charge on any atom is -0.488 e. The Morgan fingerprint density at radius 1 is 1.11 bits per heavy atom. The summed E-state index contributed by atoms with van der Waals surface area (Å²) in [6, 6.07) is 13.4. The van der Waals surface area contributed by atoms with Gasteiger partial charge < -0.3 is 4.74 Å². The molecule has 92 valence electrons. The monoisotopic (exact) mass is 244 g/mol. The number of ketones is 1. The summed E-state index contributed by atoms with van der Waals surface area (Å²) in [5, 5.41) is 0. The van der Waals surface area contributed by atoms with Crippen molar-refractivity contribution in [3.8, 4) is 5.75 Å². The third-order valence-electron chi connectivity index (χ3n) is 2.61. The Bertz CT molecular complexity index is 564. The summed E-state index contributed by atoms with van der Waals surface area (Å²) in [6.45, 7) is 1.59. The predicted octanol–water partition coefficient (Wildman–Crippen LogP) is 3.61. The number of halogens is 1. The average molecular weight is 244 g/mol. The second kappa shape index (κ2) is 5.45. The van der Waals surface area contributed by atoms with E-state index < -0.39 is 0 Å². The number of carbonyl (C=O) groups excluding carboxylic acids is 1. The minimum atomic E-state index is -0.308. The fourth-order valence-corrected chi connectivity index (χ4v) is 1.65. The molecule has 0 aliphatic rings. The van der Waals surface area contributed by atoms with Gasteiger partial charge in [0.25, 0.3) is 0 Å². The molecule has 0 saturated heterocycles. The van der Waals surface area contributed by atoms with Crippen LogP contribution in [0.4, 0.5) is 4.39 Å². The van der Waals surface area contributed by atoms with Crippen LogP contribution < -0.4 is 4.74 Å². The molecular weight excluding hydrogens is 231 g/mol. The molecule has 0 unspecified atom stereocenters. The number of Topliss-reactive ketones (excluding diaryl/α,β-unsaturated/α-hetero) is 1. The molecule has 2 aromatic carbocycles. The van der Waals surface area contributed by atoms with Gasteiger partial charge in [0.05, 0.1) is 5.56 Å². The Kier molecular flexibility index (Phi) is 3.72. The molecule has 2 rings (SSSR count). The summed E-state index contributed by atoms with van der Waals surface area (Å²) in [6.07, 6.45) is 0. The maximum absolute atomic E-state index is 13.4. The summed E-state index contributed by atoms with van der Waals surface area (Å²) in [7, 11) is 0. The third kappa shape index (κ3) is 2.74. The van der Waals surface area contributed by atoms with Crippen LogP contribution in [-0.4, -0.2) is 5.78 Å². The van der Waals surface area contributed by atoms with Crippen molar-refractivity contribution in [3.63, 3.8) is 0 Å². The van der Waals surface area contributed by atoms with Crippen LogP contribution in [0.1, 0.15) is 22.8 Å². The van der Waals surface area contributed by atoms with Crippen molar-refractivity contribution in [2.75, 3.05) is 0 Å². The second-order valence-corrected chi connectivity index (χ2v) is 3.93. The molecule has 0 spiro atoms. The summed E-state index contributed by atoms with van der Waals surface area (Å²) in [4.78, 5) is 11.4. The lowest BCUT2D eigenvalue weighted by Gasteiger charge is -2.10. The van der Waals surface area contributed by atoms with Crippen molar-refractivity contribution >= 4 is 5.78 Å². The lowest BCUT2D eigenvalue weighted by Crippen LogP contribution is -2.02. The fraction of sp³-hybridized carbons (Fsp3) is 0.133. The summed E-state index contributed by atoms with van der Waals surface area (Å²) in [5.74, 6) is 0.102.